The van der Waals surface area contributed by atoms with Crippen LogP contribution in [0.2, 0.25) is 5.02 Å². The molecular weight excluding hydrogens is 514 g/mol. The Balaban J connectivity index is 2.62. The van der Waals surface area contributed by atoms with E-state index in [1.807, 2.05) is 65.0 Å². The summed E-state index contributed by atoms with van der Waals surface area (Å²) in [6.45, 7) is 18.8. The second-order valence-corrected chi connectivity index (χ2v) is 11.6. The number of carbonyl (C=O) groups is 3. The topological polar surface area (TPSA) is 87.7 Å². The summed E-state index contributed by atoms with van der Waals surface area (Å²) in [7, 11) is 0. The molecular formula is C31H42ClN3O4. The van der Waals surface area contributed by atoms with Crippen molar-refractivity contribution in [3.05, 3.63) is 76.3 Å². The molecule has 0 fully saturated rings. The first-order valence-electron chi connectivity index (χ1n) is 13.2. The quantitative estimate of drug-likeness (QED) is 0.312. The number of rotatable bonds is 10. The fourth-order valence-corrected chi connectivity index (χ4v) is 4.74. The molecule has 2 unspecified atom stereocenters. The Labute approximate surface area is 237 Å². The van der Waals surface area contributed by atoms with E-state index in [1.165, 1.54) is 4.90 Å². The normalized spacial score (nSPS) is 12.9. The molecule has 39 heavy (non-hydrogen) atoms. The van der Waals surface area contributed by atoms with E-state index in [0.717, 1.165) is 16.7 Å². The Bertz CT molecular complexity index is 1160. The Morgan fingerprint density at radius 1 is 1.03 bits per heavy atom. The second-order valence-electron chi connectivity index (χ2n) is 11.2. The smallest absolute Gasteiger partial charge is 0.408 e. The van der Waals surface area contributed by atoms with Gasteiger partial charge in [0.2, 0.25) is 5.91 Å². The molecule has 2 N–H and O–H groups in total. The molecule has 0 aromatic heterocycles. The molecule has 0 saturated heterocycles. The summed E-state index contributed by atoms with van der Waals surface area (Å²) < 4.78 is 5.44. The number of hydrogen-bond donors (Lipinski definition) is 2. The van der Waals surface area contributed by atoms with E-state index >= 15 is 0 Å². The minimum atomic E-state index is -1.01. The molecule has 2 aromatic carbocycles. The van der Waals surface area contributed by atoms with Crippen molar-refractivity contribution in [3.63, 3.8) is 0 Å². The Morgan fingerprint density at radius 3 is 2.10 bits per heavy atom. The van der Waals surface area contributed by atoms with E-state index in [-0.39, 0.29) is 12.5 Å². The van der Waals surface area contributed by atoms with Crippen LogP contribution in [0.25, 0.3) is 0 Å². The summed E-state index contributed by atoms with van der Waals surface area (Å²) in [6.07, 6.45) is 1.24. The molecule has 0 bridgehead atoms. The van der Waals surface area contributed by atoms with Gasteiger partial charge in [0.05, 0.1) is 10.7 Å². The van der Waals surface area contributed by atoms with Crippen LogP contribution in [-0.2, 0) is 14.3 Å². The van der Waals surface area contributed by atoms with Gasteiger partial charge in [-0.2, -0.15) is 0 Å². The standard InChI is InChI=1S/C31H42ClN3O4/c1-10-17-35(29(37)24(18-19(2)3)33-30(38)39-31(7,8)9)27(25-20(4)13-11-14-21(25)5)28(36)34-26-22(6)15-12-16-23(26)32/h10-16,19,24,27H,1,17-18H2,2-9H3,(H,33,38)(H,34,36). The zero-order valence-electron chi connectivity index (χ0n) is 24.4. The number of halogens is 1. The number of nitrogens with zero attached hydrogens (tertiary/aromatic N) is 1. The van der Waals surface area contributed by atoms with Crippen LogP contribution < -0.4 is 10.6 Å². The third-order valence-corrected chi connectivity index (χ3v) is 6.47. The lowest BCUT2D eigenvalue weighted by Gasteiger charge is -2.35. The number of ether oxygens (including phenoxy) is 1. The van der Waals surface area contributed by atoms with E-state index in [4.69, 9.17) is 16.3 Å². The highest BCUT2D eigenvalue weighted by Crippen LogP contribution is 2.32. The van der Waals surface area contributed by atoms with Gasteiger partial charge in [-0.3, -0.25) is 9.59 Å². The minimum absolute atomic E-state index is 0.0802. The fourth-order valence-electron chi connectivity index (χ4n) is 4.47. The van der Waals surface area contributed by atoms with Gasteiger partial charge in [0, 0.05) is 6.54 Å². The van der Waals surface area contributed by atoms with Crippen LogP contribution in [0.5, 0.6) is 0 Å². The number of nitrogens with one attached hydrogen (secondary N) is 2. The van der Waals surface area contributed by atoms with Gasteiger partial charge in [-0.1, -0.05) is 61.9 Å². The van der Waals surface area contributed by atoms with E-state index < -0.39 is 35.6 Å². The Hall–Kier alpha value is -3.32. The SMILES string of the molecule is C=CCN(C(=O)C(CC(C)C)NC(=O)OC(C)(C)C)C(C(=O)Nc1c(C)cccc1Cl)c1c(C)cccc1C. The van der Waals surface area contributed by atoms with Crippen LogP contribution in [0.4, 0.5) is 10.5 Å². The summed E-state index contributed by atoms with van der Waals surface area (Å²) in [5, 5.41) is 6.11. The molecule has 0 heterocycles. The molecule has 2 rings (SSSR count). The van der Waals surface area contributed by atoms with E-state index in [2.05, 4.69) is 17.2 Å². The highest BCUT2D eigenvalue weighted by molar-refractivity contribution is 6.34. The predicted octanol–water partition coefficient (Wildman–Crippen LogP) is 6.90. The van der Waals surface area contributed by atoms with Crippen molar-refractivity contribution >= 4 is 35.2 Å². The van der Waals surface area contributed by atoms with Crippen molar-refractivity contribution in [2.45, 2.75) is 79.5 Å². The summed E-state index contributed by atoms with van der Waals surface area (Å²) in [6, 6.07) is 9.16. The first-order chi connectivity index (χ1) is 18.2. The average molecular weight is 556 g/mol. The van der Waals surface area contributed by atoms with Crippen molar-refractivity contribution in [1.29, 1.82) is 0 Å². The summed E-state index contributed by atoms with van der Waals surface area (Å²) in [5.74, 6) is -0.745. The Kier molecular flexibility index (Phi) is 11.2. The predicted molar refractivity (Wildman–Crippen MR) is 158 cm³/mol. The minimum Gasteiger partial charge on any atom is -0.444 e. The van der Waals surface area contributed by atoms with E-state index in [1.54, 1.807) is 32.9 Å². The van der Waals surface area contributed by atoms with E-state index in [0.29, 0.717) is 22.7 Å². The number of alkyl carbamates (subject to hydrolysis) is 1. The molecule has 0 aliphatic carbocycles. The first kappa shape index (κ1) is 31.9. The van der Waals surface area contributed by atoms with Gasteiger partial charge in [-0.25, -0.2) is 4.79 Å². The molecule has 0 saturated carbocycles. The van der Waals surface area contributed by atoms with Gasteiger partial charge in [0.15, 0.2) is 0 Å². The van der Waals surface area contributed by atoms with Gasteiger partial charge in [-0.05, 0) is 82.2 Å². The van der Waals surface area contributed by atoms with Crippen molar-refractivity contribution in [2.75, 3.05) is 11.9 Å². The molecule has 0 spiro atoms. The second kappa shape index (κ2) is 13.7. The molecule has 0 radical (unpaired) electrons. The maximum Gasteiger partial charge on any atom is 0.408 e. The highest BCUT2D eigenvalue weighted by Gasteiger charge is 2.37. The van der Waals surface area contributed by atoms with Gasteiger partial charge in [0.25, 0.3) is 5.91 Å². The van der Waals surface area contributed by atoms with Gasteiger partial charge in [-0.15, -0.1) is 6.58 Å². The number of benzene rings is 2. The van der Waals surface area contributed by atoms with Crippen molar-refractivity contribution < 1.29 is 19.1 Å². The van der Waals surface area contributed by atoms with Crippen molar-refractivity contribution in [1.82, 2.24) is 10.2 Å². The van der Waals surface area contributed by atoms with Crippen LogP contribution in [-0.4, -0.2) is 41.0 Å². The monoisotopic (exact) mass is 555 g/mol. The number of para-hydroxylation sites is 1. The lowest BCUT2D eigenvalue weighted by Crippen LogP contribution is -2.53. The zero-order valence-corrected chi connectivity index (χ0v) is 25.1. The maximum absolute atomic E-state index is 14.2. The maximum atomic E-state index is 14.2. The number of carbonyl (C=O) groups excluding carboxylic acids is 3. The largest absolute Gasteiger partial charge is 0.444 e. The summed E-state index contributed by atoms with van der Waals surface area (Å²) >= 11 is 6.44. The first-order valence-corrected chi connectivity index (χ1v) is 13.6. The zero-order chi connectivity index (χ0) is 29.5. The van der Waals surface area contributed by atoms with Crippen LogP contribution in [0, 0.1) is 26.7 Å². The number of anilines is 1. The summed E-state index contributed by atoms with van der Waals surface area (Å²) in [5.41, 5.74) is 2.96. The van der Waals surface area contributed by atoms with E-state index in [9.17, 15) is 14.4 Å². The van der Waals surface area contributed by atoms with Gasteiger partial charge in [0.1, 0.15) is 17.7 Å². The molecule has 2 atom stereocenters. The Morgan fingerprint density at radius 2 is 1.59 bits per heavy atom. The number of amides is 3. The van der Waals surface area contributed by atoms with Crippen molar-refractivity contribution in [2.24, 2.45) is 5.92 Å². The molecule has 0 aliphatic rings. The average Bonchev–Trinajstić information content (AvgIpc) is 2.80. The molecule has 7 nitrogen and oxygen atoms in total. The third-order valence-electron chi connectivity index (χ3n) is 6.15. The number of hydrogen-bond acceptors (Lipinski definition) is 4. The van der Waals surface area contributed by atoms with Crippen LogP contribution in [0.1, 0.15) is 69.3 Å². The summed E-state index contributed by atoms with van der Waals surface area (Å²) in [4.78, 5) is 42.5. The van der Waals surface area contributed by atoms with Crippen LogP contribution >= 0.6 is 11.6 Å². The number of aryl methyl sites for hydroxylation is 3. The fraction of sp³-hybridized carbons (Fsp3) is 0.452. The van der Waals surface area contributed by atoms with Crippen molar-refractivity contribution in [3.8, 4) is 0 Å². The molecule has 8 heteroatoms. The molecule has 0 aliphatic heterocycles. The van der Waals surface area contributed by atoms with Gasteiger partial charge < -0.3 is 20.3 Å². The van der Waals surface area contributed by atoms with Crippen LogP contribution in [0.3, 0.4) is 0 Å². The van der Waals surface area contributed by atoms with Crippen LogP contribution in [0.15, 0.2) is 49.1 Å². The van der Waals surface area contributed by atoms with Gasteiger partial charge >= 0.3 is 6.09 Å². The molecule has 2 aromatic rings. The molecule has 212 valence electrons. The lowest BCUT2D eigenvalue weighted by molar-refractivity contribution is -0.140. The lowest BCUT2D eigenvalue weighted by atomic mass is 9.93. The third kappa shape index (κ3) is 8.85. The molecule has 3 amide bonds. The highest BCUT2D eigenvalue weighted by atomic mass is 35.5.